The average Bonchev–Trinajstić information content (AvgIpc) is 2.65. The summed E-state index contributed by atoms with van der Waals surface area (Å²) >= 11 is 0. The van der Waals surface area contributed by atoms with Gasteiger partial charge in [0.25, 0.3) is 0 Å². The number of aryl methyl sites for hydroxylation is 1. The zero-order chi connectivity index (χ0) is 19.9. The normalized spacial score (nSPS) is 15.2. The van der Waals surface area contributed by atoms with E-state index in [2.05, 4.69) is 10.8 Å². The van der Waals surface area contributed by atoms with Crippen molar-refractivity contribution in [3.63, 3.8) is 0 Å². The third-order valence-corrected chi connectivity index (χ3v) is 5.31. The molecule has 6 heteroatoms. The SMILES string of the molecule is COc1cccc2c1-c1ccc(NS(C)(=O)=O)cc1[C@@H](c1cccc(C)c1)O2. The molecule has 0 fully saturated rings. The Balaban J connectivity index is 1.93. The Bertz CT molecular complexity index is 1150. The van der Waals surface area contributed by atoms with Crippen LogP contribution in [0.15, 0.2) is 60.7 Å². The summed E-state index contributed by atoms with van der Waals surface area (Å²) in [6.45, 7) is 2.03. The second-order valence-corrected chi connectivity index (χ2v) is 8.67. The summed E-state index contributed by atoms with van der Waals surface area (Å²) < 4.78 is 37.9. The summed E-state index contributed by atoms with van der Waals surface area (Å²) in [5.74, 6) is 1.45. The van der Waals surface area contributed by atoms with E-state index >= 15 is 0 Å². The maximum Gasteiger partial charge on any atom is 0.229 e. The number of methoxy groups -OCH3 is 1. The van der Waals surface area contributed by atoms with Crippen molar-refractivity contribution in [2.75, 3.05) is 18.1 Å². The van der Waals surface area contributed by atoms with Gasteiger partial charge < -0.3 is 9.47 Å². The summed E-state index contributed by atoms with van der Waals surface area (Å²) in [7, 11) is -1.75. The molecule has 0 unspecified atom stereocenters. The minimum Gasteiger partial charge on any atom is -0.496 e. The van der Waals surface area contributed by atoms with Crippen molar-refractivity contribution in [1.82, 2.24) is 0 Å². The number of sulfonamides is 1. The van der Waals surface area contributed by atoms with Gasteiger partial charge in [0.15, 0.2) is 0 Å². The monoisotopic (exact) mass is 395 g/mol. The number of nitrogens with one attached hydrogen (secondary N) is 1. The van der Waals surface area contributed by atoms with Crippen molar-refractivity contribution in [2.24, 2.45) is 0 Å². The Hall–Kier alpha value is -2.99. The Kier molecular flexibility index (Phi) is 4.51. The molecule has 0 spiro atoms. The molecule has 0 bridgehead atoms. The number of fused-ring (bicyclic) bond motifs is 3. The van der Waals surface area contributed by atoms with Gasteiger partial charge in [0.05, 0.1) is 18.9 Å². The summed E-state index contributed by atoms with van der Waals surface area (Å²) in [6, 6.07) is 19.3. The van der Waals surface area contributed by atoms with Crippen molar-refractivity contribution in [1.29, 1.82) is 0 Å². The van der Waals surface area contributed by atoms with Crippen LogP contribution in [0, 0.1) is 6.92 Å². The molecule has 1 aliphatic heterocycles. The molecular formula is C22H21NO4S. The highest BCUT2D eigenvalue weighted by Gasteiger charge is 2.30. The molecule has 28 heavy (non-hydrogen) atoms. The molecule has 0 saturated carbocycles. The van der Waals surface area contributed by atoms with Gasteiger partial charge in [-0.1, -0.05) is 42.0 Å². The molecule has 3 aromatic rings. The van der Waals surface area contributed by atoms with E-state index in [1.54, 1.807) is 13.2 Å². The number of benzene rings is 3. The van der Waals surface area contributed by atoms with Crippen LogP contribution >= 0.6 is 0 Å². The highest BCUT2D eigenvalue weighted by atomic mass is 32.2. The third-order valence-electron chi connectivity index (χ3n) is 4.70. The van der Waals surface area contributed by atoms with Gasteiger partial charge in [-0.15, -0.1) is 0 Å². The van der Waals surface area contributed by atoms with Gasteiger partial charge in [-0.25, -0.2) is 8.42 Å². The number of hydrogen-bond acceptors (Lipinski definition) is 4. The minimum atomic E-state index is -3.38. The molecule has 0 saturated heterocycles. The van der Waals surface area contributed by atoms with Crippen LogP contribution in [0.5, 0.6) is 11.5 Å². The van der Waals surface area contributed by atoms with Crippen molar-refractivity contribution < 1.29 is 17.9 Å². The first-order chi connectivity index (χ1) is 13.4. The van der Waals surface area contributed by atoms with Crippen molar-refractivity contribution in [3.8, 4) is 22.6 Å². The van der Waals surface area contributed by atoms with Gasteiger partial charge >= 0.3 is 0 Å². The molecule has 1 aliphatic rings. The first-order valence-corrected chi connectivity index (χ1v) is 10.8. The molecule has 0 aromatic heterocycles. The topological polar surface area (TPSA) is 64.6 Å². The number of ether oxygens (including phenoxy) is 2. The van der Waals surface area contributed by atoms with E-state index in [1.807, 2.05) is 55.5 Å². The van der Waals surface area contributed by atoms with Crippen molar-refractivity contribution in [2.45, 2.75) is 13.0 Å². The first kappa shape index (κ1) is 18.4. The van der Waals surface area contributed by atoms with E-state index in [4.69, 9.17) is 9.47 Å². The zero-order valence-electron chi connectivity index (χ0n) is 15.9. The predicted molar refractivity (Wildman–Crippen MR) is 111 cm³/mol. The molecular weight excluding hydrogens is 374 g/mol. The highest BCUT2D eigenvalue weighted by molar-refractivity contribution is 7.92. The lowest BCUT2D eigenvalue weighted by Gasteiger charge is -2.30. The van der Waals surface area contributed by atoms with Crippen LogP contribution in [0.2, 0.25) is 0 Å². The fourth-order valence-corrected chi connectivity index (χ4v) is 4.16. The average molecular weight is 395 g/mol. The van der Waals surface area contributed by atoms with Gasteiger partial charge in [0.2, 0.25) is 10.0 Å². The first-order valence-electron chi connectivity index (χ1n) is 8.88. The molecule has 144 valence electrons. The van der Waals surface area contributed by atoms with Crippen LogP contribution in [-0.2, 0) is 10.0 Å². The van der Waals surface area contributed by atoms with E-state index in [1.165, 1.54) is 0 Å². The Labute approximate surface area is 165 Å². The van der Waals surface area contributed by atoms with Crippen LogP contribution in [0.25, 0.3) is 11.1 Å². The second kappa shape index (κ2) is 6.87. The van der Waals surface area contributed by atoms with E-state index in [9.17, 15) is 8.42 Å². The molecule has 4 rings (SSSR count). The molecule has 3 aromatic carbocycles. The Morgan fingerprint density at radius 3 is 2.54 bits per heavy atom. The number of anilines is 1. The summed E-state index contributed by atoms with van der Waals surface area (Å²) in [5.41, 5.74) is 5.35. The van der Waals surface area contributed by atoms with Gasteiger partial charge in [-0.3, -0.25) is 4.72 Å². The second-order valence-electron chi connectivity index (χ2n) is 6.92. The fraction of sp³-hybridized carbons (Fsp3) is 0.182. The molecule has 0 amide bonds. The fourth-order valence-electron chi connectivity index (χ4n) is 3.60. The standard InChI is InChI=1S/C22H21NO4S/c1-14-6-4-7-15(12-14)22-18-13-16(23-28(3,24)25)10-11-17(18)21-19(26-2)8-5-9-20(21)27-22/h4-13,22-23H,1-3H3/t22-/m1/s1. The molecule has 0 aliphatic carbocycles. The molecule has 1 atom stereocenters. The molecule has 5 nitrogen and oxygen atoms in total. The van der Waals surface area contributed by atoms with Crippen molar-refractivity contribution in [3.05, 3.63) is 77.4 Å². The third kappa shape index (κ3) is 3.43. The zero-order valence-corrected chi connectivity index (χ0v) is 16.7. The van der Waals surface area contributed by atoms with Gasteiger partial charge in [-0.05, 0) is 42.3 Å². The molecule has 0 radical (unpaired) electrons. The smallest absolute Gasteiger partial charge is 0.229 e. The van der Waals surface area contributed by atoms with Crippen LogP contribution in [0.1, 0.15) is 22.8 Å². The van der Waals surface area contributed by atoms with Gasteiger partial charge in [0, 0.05) is 11.3 Å². The summed E-state index contributed by atoms with van der Waals surface area (Å²) in [5, 5.41) is 0. The number of rotatable bonds is 4. The maximum absolute atomic E-state index is 11.7. The predicted octanol–water partition coefficient (Wildman–Crippen LogP) is 4.52. The lowest BCUT2D eigenvalue weighted by molar-refractivity contribution is 0.242. The van der Waals surface area contributed by atoms with Crippen LogP contribution in [-0.4, -0.2) is 21.8 Å². The van der Waals surface area contributed by atoms with E-state index < -0.39 is 10.0 Å². The van der Waals surface area contributed by atoms with E-state index in [-0.39, 0.29) is 6.10 Å². The maximum atomic E-state index is 11.7. The largest absolute Gasteiger partial charge is 0.496 e. The van der Waals surface area contributed by atoms with Crippen LogP contribution in [0.3, 0.4) is 0 Å². The van der Waals surface area contributed by atoms with Gasteiger partial charge in [-0.2, -0.15) is 0 Å². The Morgan fingerprint density at radius 2 is 1.82 bits per heavy atom. The van der Waals surface area contributed by atoms with Crippen LogP contribution in [0.4, 0.5) is 5.69 Å². The summed E-state index contributed by atoms with van der Waals surface area (Å²) in [4.78, 5) is 0. The van der Waals surface area contributed by atoms with E-state index in [0.29, 0.717) is 11.4 Å². The quantitative estimate of drug-likeness (QED) is 0.705. The molecule has 1 heterocycles. The van der Waals surface area contributed by atoms with Crippen molar-refractivity contribution >= 4 is 15.7 Å². The van der Waals surface area contributed by atoms with E-state index in [0.717, 1.165) is 39.8 Å². The summed E-state index contributed by atoms with van der Waals surface area (Å²) in [6.07, 6.45) is 0.787. The highest BCUT2D eigenvalue weighted by Crippen LogP contribution is 2.49. The van der Waals surface area contributed by atoms with Gasteiger partial charge in [0.1, 0.15) is 17.6 Å². The van der Waals surface area contributed by atoms with Crippen LogP contribution < -0.4 is 14.2 Å². The minimum absolute atomic E-state index is 0.351. The lowest BCUT2D eigenvalue weighted by Crippen LogP contribution is -2.17. The molecule has 1 N–H and O–H groups in total. The number of hydrogen-bond donors (Lipinski definition) is 1. The Morgan fingerprint density at radius 1 is 1.04 bits per heavy atom. The lowest BCUT2D eigenvalue weighted by atomic mass is 9.88.